The fraction of sp³-hybridized carbons (Fsp3) is 0.0500. The van der Waals surface area contributed by atoms with Crippen molar-refractivity contribution in [2.24, 2.45) is 0 Å². The lowest BCUT2D eigenvalue weighted by molar-refractivity contribution is -0.384. The molecule has 1 aliphatic heterocycles. The van der Waals surface area contributed by atoms with Gasteiger partial charge in [-0.25, -0.2) is 4.98 Å². The lowest BCUT2D eigenvalue weighted by Crippen LogP contribution is -2.29. The highest BCUT2D eigenvalue weighted by molar-refractivity contribution is 7.14. The van der Waals surface area contributed by atoms with Crippen molar-refractivity contribution in [2.75, 3.05) is 4.90 Å². The number of aliphatic hydroxyl groups is 1. The molecule has 1 saturated heterocycles. The van der Waals surface area contributed by atoms with Gasteiger partial charge in [0.25, 0.3) is 11.5 Å². The number of ketones is 1. The van der Waals surface area contributed by atoms with E-state index in [2.05, 4.69) is 4.98 Å². The highest BCUT2D eigenvalue weighted by atomic mass is 32.1. The van der Waals surface area contributed by atoms with Gasteiger partial charge in [-0.2, -0.15) is 0 Å². The number of hydrogen-bond donors (Lipinski definition) is 1. The van der Waals surface area contributed by atoms with Gasteiger partial charge in [-0.05, 0) is 5.56 Å². The van der Waals surface area contributed by atoms with Crippen LogP contribution in [0, 0.1) is 10.1 Å². The Morgan fingerprint density at radius 2 is 1.90 bits per heavy atom. The molecule has 1 amide bonds. The average Bonchev–Trinajstić information content (AvgIpc) is 3.35. The van der Waals surface area contributed by atoms with Crippen LogP contribution in [0.3, 0.4) is 0 Å². The van der Waals surface area contributed by atoms with E-state index in [4.69, 9.17) is 0 Å². The van der Waals surface area contributed by atoms with Crippen molar-refractivity contribution in [3.8, 4) is 0 Å². The fourth-order valence-corrected chi connectivity index (χ4v) is 3.91. The largest absolute Gasteiger partial charge is 0.507 e. The normalized spacial score (nSPS) is 18.2. The van der Waals surface area contributed by atoms with Crippen LogP contribution in [0.5, 0.6) is 0 Å². The number of aliphatic hydroxyl groups excluding tert-OH is 1. The van der Waals surface area contributed by atoms with Crippen LogP contribution < -0.4 is 4.90 Å². The molecule has 4 rings (SSSR count). The predicted molar refractivity (Wildman–Crippen MR) is 106 cm³/mol. The molecule has 0 bridgehead atoms. The van der Waals surface area contributed by atoms with Gasteiger partial charge in [-0.1, -0.05) is 42.5 Å². The Labute approximate surface area is 168 Å². The molecule has 3 aromatic rings. The molecular weight excluding hydrogens is 394 g/mol. The maximum absolute atomic E-state index is 12.9. The molecule has 8 nitrogen and oxygen atoms in total. The molecular formula is C20H13N3O5S. The second-order valence-corrected chi connectivity index (χ2v) is 7.07. The summed E-state index contributed by atoms with van der Waals surface area (Å²) in [6, 6.07) is 13.0. The van der Waals surface area contributed by atoms with E-state index >= 15 is 0 Å². The van der Waals surface area contributed by atoms with Crippen LogP contribution in [0.15, 0.2) is 71.7 Å². The van der Waals surface area contributed by atoms with Crippen molar-refractivity contribution in [3.63, 3.8) is 0 Å². The number of amides is 1. The summed E-state index contributed by atoms with van der Waals surface area (Å²) >= 11 is 1.15. The maximum atomic E-state index is 12.9. The Kier molecular flexibility index (Phi) is 4.65. The number of rotatable bonds is 4. The van der Waals surface area contributed by atoms with Gasteiger partial charge in [0.15, 0.2) is 5.13 Å². The third kappa shape index (κ3) is 3.17. The molecule has 0 spiro atoms. The van der Waals surface area contributed by atoms with Crippen LogP contribution in [-0.4, -0.2) is 26.7 Å². The van der Waals surface area contributed by atoms with E-state index in [1.54, 1.807) is 41.8 Å². The number of nitrogens with zero attached hydrogens (tertiary/aromatic N) is 3. The third-order valence-electron chi connectivity index (χ3n) is 4.51. The summed E-state index contributed by atoms with van der Waals surface area (Å²) in [5.74, 6) is -2.08. The first-order valence-electron chi connectivity index (χ1n) is 8.49. The van der Waals surface area contributed by atoms with Crippen molar-refractivity contribution in [2.45, 2.75) is 6.04 Å². The molecule has 1 atom stereocenters. The number of non-ortho nitro benzene ring substituents is 1. The molecule has 9 heteroatoms. The van der Waals surface area contributed by atoms with Gasteiger partial charge >= 0.3 is 5.91 Å². The molecule has 0 radical (unpaired) electrons. The van der Waals surface area contributed by atoms with Gasteiger partial charge in [-0.3, -0.25) is 24.6 Å². The minimum atomic E-state index is -1.04. The molecule has 1 aliphatic rings. The minimum absolute atomic E-state index is 0.142. The minimum Gasteiger partial charge on any atom is -0.507 e. The van der Waals surface area contributed by atoms with Crippen molar-refractivity contribution < 1.29 is 19.6 Å². The van der Waals surface area contributed by atoms with Crippen molar-refractivity contribution in [3.05, 3.63) is 93.0 Å². The van der Waals surface area contributed by atoms with Crippen molar-refractivity contribution in [1.29, 1.82) is 0 Å². The Balaban J connectivity index is 1.96. The topological polar surface area (TPSA) is 114 Å². The van der Waals surface area contributed by atoms with Crippen molar-refractivity contribution >= 4 is 39.6 Å². The van der Waals surface area contributed by atoms with Gasteiger partial charge in [0.1, 0.15) is 5.76 Å². The highest BCUT2D eigenvalue weighted by Crippen LogP contribution is 2.43. The standard InChI is InChI=1S/C20H13N3O5S/c24-17(12-5-2-1-3-6-12)15-16(13-7-4-8-14(11-13)23(27)28)22(19(26)18(15)25)20-21-9-10-29-20/h1-11,16,24H/b17-15-. The zero-order valence-corrected chi connectivity index (χ0v) is 15.6. The highest BCUT2D eigenvalue weighted by Gasteiger charge is 2.48. The van der Waals surface area contributed by atoms with E-state index in [1.807, 2.05) is 0 Å². The van der Waals surface area contributed by atoms with E-state index in [1.165, 1.54) is 29.3 Å². The van der Waals surface area contributed by atoms with Crippen LogP contribution in [0.4, 0.5) is 10.8 Å². The zero-order valence-electron chi connectivity index (χ0n) is 14.8. The second-order valence-electron chi connectivity index (χ2n) is 6.20. The van der Waals surface area contributed by atoms with Crippen LogP contribution in [0.1, 0.15) is 17.2 Å². The molecule has 29 heavy (non-hydrogen) atoms. The number of aromatic nitrogens is 1. The molecule has 1 aromatic heterocycles. The molecule has 1 unspecified atom stereocenters. The molecule has 0 saturated carbocycles. The SMILES string of the molecule is O=C1C(=O)N(c2nccs2)C(c2cccc([N+](=O)[O-])c2)/C1=C(/O)c1ccccc1. The number of benzene rings is 2. The second kappa shape index (κ2) is 7.28. The van der Waals surface area contributed by atoms with E-state index < -0.39 is 22.7 Å². The van der Waals surface area contributed by atoms with Crippen LogP contribution in [-0.2, 0) is 9.59 Å². The molecule has 2 aromatic carbocycles. The first-order valence-corrected chi connectivity index (χ1v) is 9.37. The Hall–Kier alpha value is -3.85. The summed E-state index contributed by atoms with van der Waals surface area (Å²) in [6.07, 6.45) is 1.49. The quantitative estimate of drug-likeness (QED) is 0.232. The number of hydrogen-bond acceptors (Lipinski definition) is 7. The smallest absolute Gasteiger partial charge is 0.301 e. The lowest BCUT2D eigenvalue weighted by Gasteiger charge is -2.22. The first-order chi connectivity index (χ1) is 14.0. The zero-order chi connectivity index (χ0) is 20.5. The molecule has 1 fully saturated rings. The molecule has 144 valence electrons. The number of nitro groups is 1. The monoisotopic (exact) mass is 407 g/mol. The summed E-state index contributed by atoms with van der Waals surface area (Å²) in [4.78, 5) is 41.6. The van der Waals surface area contributed by atoms with Gasteiger partial charge in [-0.15, -0.1) is 11.3 Å². The van der Waals surface area contributed by atoms with E-state index in [0.29, 0.717) is 11.1 Å². The van der Waals surface area contributed by atoms with Crippen LogP contribution in [0.25, 0.3) is 5.76 Å². The van der Waals surface area contributed by atoms with E-state index in [9.17, 15) is 24.8 Å². The van der Waals surface area contributed by atoms with Crippen molar-refractivity contribution in [1.82, 2.24) is 4.98 Å². The summed E-state index contributed by atoms with van der Waals surface area (Å²) in [5.41, 5.74) is 0.356. The maximum Gasteiger partial charge on any atom is 0.301 e. The van der Waals surface area contributed by atoms with Gasteiger partial charge < -0.3 is 5.11 Å². The Morgan fingerprint density at radius 3 is 2.55 bits per heavy atom. The van der Waals surface area contributed by atoms with Crippen LogP contribution >= 0.6 is 11.3 Å². The number of Topliss-reactive ketones (excluding diaryl/α,β-unsaturated/α-hetero) is 1. The number of carbonyl (C=O) groups excluding carboxylic acids is 2. The molecule has 0 aliphatic carbocycles. The Morgan fingerprint density at radius 1 is 1.14 bits per heavy atom. The molecule has 2 heterocycles. The Bertz CT molecular complexity index is 1140. The summed E-state index contributed by atoms with van der Waals surface area (Å²) in [5, 5.41) is 24.0. The number of thiazole rings is 1. The van der Waals surface area contributed by atoms with Crippen LogP contribution in [0.2, 0.25) is 0 Å². The number of anilines is 1. The number of carbonyl (C=O) groups is 2. The van der Waals surface area contributed by atoms with Gasteiger partial charge in [0, 0.05) is 29.3 Å². The average molecular weight is 407 g/mol. The predicted octanol–water partition coefficient (Wildman–Crippen LogP) is 3.68. The first kappa shape index (κ1) is 18.5. The fourth-order valence-electron chi connectivity index (χ4n) is 3.24. The van der Waals surface area contributed by atoms with E-state index in [-0.39, 0.29) is 22.2 Å². The van der Waals surface area contributed by atoms with Gasteiger partial charge in [0.2, 0.25) is 0 Å². The summed E-state index contributed by atoms with van der Waals surface area (Å²) in [6.45, 7) is 0. The third-order valence-corrected chi connectivity index (χ3v) is 5.28. The number of nitro benzene ring substituents is 1. The summed E-state index contributed by atoms with van der Waals surface area (Å²) in [7, 11) is 0. The lowest BCUT2D eigenvalue weighted by atomic mass is 9.95. The molecule has 1 N–H and O–H groups in total. The summed E-state index contributed by atoms with van der Waals surface area (Å²) < 4.78 is 0. The van der Waals surface area contributed by atoms with E-state index in [0.717, 1.165) is 11.3 Å². The van der Waals surface area contributed by atoms with Gasteiger partial charge in [0.05, 0.1) is 16.5 Å².